The molecule has 4 nitrogen and oxygen atoms in total. The van der Waals surface area contributed by atoms with E-state index in [1.165, 1.54) is 23.1 Å². The Morgan fingerprint density at radius 1 is 1.03 bits per heavy atom. The van der Waals surface area contributed by atoms with Crippen LogP contribution in [0.25, 0.3) is 0 Å². The summed E-state index contributed by atoms with van der Waals surface area (Å²) in [7, 11) is 0. The summed E-state index contributed by atoms with van der Waals surface area (Å²) in [4.78, 5) is 27.0. The minimum absolute atomic E-state index is 0.00409. The van der Waals surface area contributed by atoms with E-state index in [4.69, 9.17) is 34.8 Å². The molecular weight excluding hydrogens is 438 g/mol. The van der Waals surface area contributed by atoms with Crippen molar-refractivity contribution >= 4 is 46.6 Å². The molecule has 0 radical (unpaired) electrons. The maximum Gasteiger partial charge on any atom is 0.242 e. The third-order valence-corrected chi connectivity index (χ3v) is 5.56. The van der Waals surface area contributed by atoms with Gasteiger partial charge in [0.2, 0.25) is 11.8 Å². The summed E-state index contributed by atoms with van der Waals surface area (Å²) in [6, 6.07) is 8.40. The predicted octanol–water partition coefficient (Wildman–Crippen LogP) is 5.27. The van der Waals surface area contributed by atoms with Crippen LogP contribution >= 0.6 is 34.8 Å². The van der Waals surface area contributed by atoms with Gasteiger partial charge in [0.1, 0.15) is 11.9 Å². The second-order valence-corrected chi connectivity index (χ2v) is 7.79. The number of hydrogen-bond donors (Lipinski definition) is 1. The van der Waals surface area contributed by atoms with Crippen LogP contribution in [-0.4, -0.2) is 29.3 Å². The number of nitrogens with zero attached hydrogens (tertiary/aromatic N) is 1. The molecule has 2 amide bonds. The summed E-state index contributed by atoms with van der Waals surface area (Å²) < 4.78 is 14.2. The van der Waals surface area contributed by atoms with Crippen molar-refractivity contribution in [2.24, 2.45) is 0 Å². The van der Waals surface area contributed by atoms with E-state index in [0.29, 0.717) is 22.2 Å². The van der Waals surface area contributed by atoms with Gasteiger partial charge >= 0.3 is 0 Å². The lowest BCUT2D eigenvalue weighted by Crippen LogP contribution is -2.48. The summed E-state index contributed by atoms with van der Waals surface area (Å²) in [5, 5.41) is 3.67. The molecule has 0 heterocycles. The quantitative estimate of drug-likeness (QED) is 0.584. The van der Waals surface area contributed by atoms with Gasteiger partial charge in [0, 0.05) is 39.3 Å². The topological polar surface area (TPSA) is 49.4 Å². The van der Waals surface area contributed by atoms with Gasteiger partial charge in [-0.1, -0.05) is 53.9 Å². The van der Waals surface area contributed by atoms with Gasteiger partial charge in [-0.25, -0.2) is 4.39 Å². The molecule has 0 aromatic heterocycles. The second kappa shape index (κ2) is 10.8. The fraction of sp³-hybridized carbons (Fsp3) is 0.333. The van der Waals surface area contributed by atoms with Gasteiger partial charge in [-0.05, 0) is 37.6 Å². The van der Waals surface area contributed by atoms with E-state index < -0.39 is 17.8 Å². The van der Waals surface area contributed by atoms with Gasteiger partial charge in [-0.2, -0.15) is 0 Å². The first-order chi connectivity index (χ1) is 13.8. The number of amides is 2. The van der Waals surface area contributed by atoms with Crippen molar-refractivity contribution < 1.29 is 14.0 Å². The van der Waals surface area contributed by atoms with E-state index in [9.17, 15) is 14.0 Å². The Balaban J connectivity index is 2.35. The molecule has 8 heteroatoms. The average molecular weight is 460 g/mol. The normalized spacial score (nSPS) is 11.8. The predicted molar refractivity (Wildman–Crippen MR) is 115 cm³/mol. The number of carbonyl (C=O) groups is 2. The minimum atomic E-state index is -0.813. The van der Waals surface area contributed by atoms with E-state index >= 15 is 0 Å². The maximum absolute atomic E-state index is 14.2. The highest BCUT2D eigenvalue weighted by molar-refractivity contribution is 6.36. The van der Waals surface area contributed by atoms with Gasteiger partial charge in [-0.15, -0.1) is 0 Å². The number of benzene rings is 2. The smallest absolute Gasteiger partial charge is 0.242 e. The van der Waals surface area contributed by atoms with E-state index in [1.54, 1.807) is 25.1 Å². The standard InChI is InChI=1S/C21H22Cl3FN2O2/c1-3-10-26-21(29)13(2)27(12-15-17(23)6-4-7-18(15)24)20(28)11-14-16(22)8-5-9-19(14)25/h4-9,13H,3,10-12H2,1-2H3,(H,26,29). The molecule has 0 aliphatic heterocycles. The first kappa shape index (κ1) is 23.5. The van der Waals surface area contributed by atoms with E-state index in [-0.39, 0.29) is 29.5 Å². The minimum Gasteiger partial charge on any atom is -0.354 e. The first-order valence-corrected chi connectivity index (χ1v) is 10.3. The van der Waals surface area contributed by atoms with Crippen molar-refractivity contribution in [1.82, 2.24) is 10.2 Å². The fourth-order valence-electron chi connectivity index (χ4n) is 2.79. The molecule has 0 bridgehead atoms. The monoisotopic (exact) mass is 458 g/mol. The summed E-state index contributed by atoms with van der Waals surface area (Å²) >= 11 is 18.6. The van der Waals surface area contributed by atoms with E-state index in [1.807, 2.05) is 6.92 Å². The lowest BCUT2D eigenvalue weighted by Gasteiger charge is -2.29. The van der Waals surface area contributed by atoms with Crippen molar-refractivity contribution in [3.63, 3.8) is 0 Å². The number of hydrogen-bond acceptors (Lipinski definition) is 2. The molecule has 2 aromatic carbocycles. The molecule has 1 N–H and O–H groups in total. The zero-order valence-corrected chi connectivity index (χ0v) is 18.4. The van der Waals surface area contributed by atoms with Gasteiger partial charge in [0.15, 0.2) is 0 Å². The van der Waals surface area contributed by atoms with Crippen molar-refractivity contribution in [3.05, 3.63) is 68.4 Å². The highest BCUT2D eigenvalue weighted by Gasteiger charge is 2.28. The lowest BCUT2D eigenvalue weighted by molar-refractivity contribution is -0.140. The van der Waals surface area contributed by atoms with Crippen LogP contribution in [0.15, 0.2) is 36.4 Å². The summed E-state index contributed by atoms with van der Waals surface area (Å²) in [6.07, 6.45) is 0.465. The van der Waals surface area contributed by atoms with Crippen LogP contribution in [0.5, 0.6) is 0 Å². The number of rotatable bonds is 8. The van der Waals surface area contributed by atoms with Crippen LogP contribution in [0.2, 0.25) is 15.1 Å². The lowest BCUT2D eigenvalue weighted by atomic mass is 10.1. The zero-order valence-electron chi connectivity index (χ0n) is 16.1. The van der Waals surface area contributed by atoms with Crippen LogP contribution in [0, 0.1) is 5.82 Å². The average Bonchev–Trinajstić information content (AvgIpc) is 2.68. The summed E-state index contributed by atoms with van der Waals surface area (Å²) in [5.41, 5.74) is 0.592. The Bertz CT molecular complexity index is 852. The molecule has 156 valence electrons. The number of halogens is 4. The van der Waals surface area contributed by atoms with Crippen molar-refractivity contribution in [2.75, 3.05) is 6.54 Å². The third kappa shape index (κ3) is 6.08. The second-order valence-electron chi connectivity index (χ2n) is 6.57. The Labute approximate surface area is 184 Å². The van der Waals surface area contributed by atoms with Gasteiger partial charge in [0.25, 0.3) is 0 Å². The largest absolute Gasteiger partial charge is 0.354 e. The molecule has 29 heavy (non-hydrogen) atoms. The Morgan fingerprint density at radius 3 is 2.14 bits per heavy atom. The van der Waals surface area contributed by atoms with Crippen molar-refractivity contribution in [1.29, 1.82) is 0 Å². The molecular formula is C21H22Cl3FN2O2. The highest BCUT2D eigenvalue weighted by Crippen LogP contribution is 2.27. The molecule has 0 saturated heterocycles. The Hall–Kier alpha value is -1.82. The molecule has 0 aliphatic rings. The van der Waals surface area contributed by atoms with Gasteiger partial charge in [-0.3, -0.25) is 9.59 Å². The van der Waals surface area contributed by atoms with E-state index in [0.717, 1.165) is 6.42 Å². The highest BCUT2D eigenvalue weighted by atomic mass is 35.5. The SMILES string of the molecule is CCCNC(=O)C(C)N(Cc1c(Cl)cccc1Cl)C(=O)Cc1c(F)cccc1Cl. The summed E-state index contributed by atoms with van der Waals surface area (Å²) in [5.74, 6) is -1.36. The molecule has 0 saturated carbocycles. The van der Waals surface area contributed by atoms with Crippen LogP contribution in [0.3, 0.4) is 0 Å². The van der Waals surface area contributed by atoms with Crippen LogP contribution in [0.4, 0.5) is 4.39 Å². The summed E-state index contributed by atoms with van der Waals surface area (Å²) in [6.45, 7) is 4.02. The third-order valence-electron chi connectivity index (χ3n) is 4.50. The molecule has 1 unspecified atom stereocenters. The molecule has 0 spiro atoms. The van der Waals surface area contributed by atoms with Crippen LogP contribution in [-0.2, 0) is 22.6 Å². The maximum atomic E-state index is 14.2. The molecule has 0 fully saturated rings. The molecule has 1 atom stereocenters. The van der Waals surface area contributed by atoms with Crippen molar-refractivity contribution in [2.45, 2.75) is 39.3 Å². The van der Waals surface area contributed by atoms with Crippen molar-refractivity contribution in [3.8, 4) is 0 Å². The first-order valence-electron chi connectivity index (χ1n) is 9.19. The van der Waals surface area contributed by atoms with Crippen LogP contribution in [0.1, 0.15) is 31.4 Å². The van der Waals surface area contributed by atoms with E-state index in [2.05, 4.69) is 5.32 Å². The Morgan fingerprint density at radius 2 is 1.59 bits per heavy atom. The molecule has 2 aromatic rings. The molecule has 0 aliphatic carbocycles. The zero-order chi connectivity index (χ0) is 21.6. The van der Waals surface area contributed by atoms with Crippen LogP contribution < -0.4 is 5.32 Å². The molecule has 2 rings (SSSR count). The number of carbonyl (C=O) groups excluding carboxylic acids is 2. The Kier molecular flexibility index (Phi) is 8.75. The van der Waals surface area contributed by atoms with Gasteiger partial charge in [0.05, 0.1) is 6.42 Å². The van der Waals surface area contributed by atoms with Gasteiger partial charge < -0.3 is 10.2 Å². The number of nitrogens with one attached hydrogen (secondary N) is 1. The fourth-order valence-corrected chi connectivity index (χ4v) is 3.53.